The van der Waals surface area contributed by atoms with Crippen LogP contribution in [0.1, 0.15) is 25.0 Å². The summed E-state index contributed by atoms with van der Waals surface area (Å²) in [6, 6.07) is 67.1. The van der Waals surface area contributed by atoms with Crippen molar-refractivity contribution in [3.05, 3.63) is 193 Å². The number of aromatic nitrogens is 2. The van der Waals surface area contributed by atoms with Gasteiger partial charge in [0, 0.05) is 38.3 Å². The Balaban J connectivity index is 1.11. The van der Waals surface area contributed by atoms with Gasteiger partial charge in [-0.3, -0.25) is 0 Å². The van der Waals surface area contributed by atoms with E-state index in [1.165, 1.54) is 88.1 Å². The molecule has 0 amide bonds. The summed E-state index contributed by atoms with van der Waals surface area (Å²) in [6.45, 7) is 4.71. The van der Waals surface area contributed by atoms with Crippen molar-refractivity contribution in [1.82, 2.24) is 9.13 Å². The zero-order valence-electron chi connectivity index (χ0n) is 29.7. The minimum atomic E-state index is -0.0436. The van der Waals surface area contributed by atoms with E-state index in [1.807, 2.05) is 0 Å². The highest BCUT2D eigenvalue weighted by molar-refractivity contribution is 6.19. The maximum atomic E-state index is 2.46. The lowest BCUT2D eigenvalue weighted by molar-refractivity contribution is 0.660. The molecular weight excluding hydrogens is 641 g/mol. The molecule has 11 rings (SSSR count). The quantitative estimate of drug-likeness (QED) is 0.176. The summed E-state index contributed by atoms with van der Waals surface area (Å²) in [5.74, 6) is 0. The topological polar surface area (TPSA) is 9.86 Å². The van der Waals surface area contributed by atoms with Gasteiger partial charge in [0.15, 0.2) is 0 Å². The highest BCUT2D eigenvalue weighted by atomic mass is 15.0. The minimum Gasteiger partial charge on any atom is -0.309 e. The van der Waals surface area contributed by atoms with Gasteiger partial charge in [-0.05, 0) is 99.1 Å². The third-order valence-electron chi connectivity index (χ3n) is 11.7. The first-order chi connectivity index (χ1) is 26.0. The van der Waals surface area contributed by atoms with Gasteiger partial charge >= 0.3 is 0 Å². The molecule has 2 nitrogen and oxygen atoms in total. The summed E-state index contributed by atoms with van der Waals surface area (Å²) < 4.78 is 4.89. The second-order valence-corrected chi connectivity index (χ2v) is 15.0. The maximum absolute atomic E-state index is 2.46. The van der Waals surface area contributed by atoms with Gasteiger partial charge in [0.05, 0.1) is 22.1 Å². The Morgan fingerprint density at radius 1 is 0.321 bits per heavy atom. The van der Waals surface area contributed by atoms with Crippen LogP contribution >= 0.6 is 0 Å². The Labute approximate surface area is 308 Å². The van der Waals surface area contributed by atoms with E-state index in [0.29, 0.717) is 0 Å². The number of nitrogens with zero attached hydrogens (tertiary/aromatic N) is 2. The molecule has 10 aromatic rings. The van der Waals surface area contributed by atoms with E-state index in [9.17, 15) is 0 Å². The van der Waals surface area contributed by atoms with Crippen molar-refractivity contribution in [2.24, 2.45) is 0 Å². The van der Waals surface area contributed by atoms with Crippen LogP contribution in [-0.2, 0) is 5.41 Å². The van der Waals surface area contributed by atoms with Crippen LogP contribution in [0.4, 0.5) is 0 Å². The second kappa shape index (κ2) is 11.2. The fourth-order valence-electron chi connectivity index (χ4n) is 9.13. The second-order valence-electron chi connectivity index (χ2n) is 15.0. The summed E-state index contributed by atoms with van der Waals surface area (Å²) in [6.07, 6.45) is 0. The minimum absolute atomic E-state index is 0.0436. The van der Waals surface area contributed by atoms with E-state index >= 15 is 0 Å². The first-order valence-electron chi connectivity index (χ1n) is 18.5. The number of hydrogen-bond acceptors (Lipinski definition) is 0. The molecule has 0 fully saturated rings. The molecule has 1 aliphatic rings. The maximum Gasteiger partial charge on any atom is 0.0562 e. The van der Waals surface area contributed by atoms with Crippen LogP contribution in [-0.4, -0.2) is 9.13 Å². The van der Waals surface area contributed by atoms with Gasteiger partial charge in [0.2, 0.25) is 0 Å². The Kier molecular flexibility index (Phi) is 6.33. The number of benzene rings is 8. The Bertz CT molecular complexity index is 3060. The summed E-state index contributed by atoms with van der Waals surface area (Å²) in [7, 11) is 0. The highest BCUT2D eigenvalue weighted by Gasteiger charge is 2.35. The fraction of sp³-hybridized carbons (Fsp3) is 0.0588. The summed E-state index contributed by atoms with van der Waals surface area (Å²) >= 11 is 0. The number of rotatable bonds is 4. The number of para-hydroxylation sites is 2. The van der Waals surface area contributed by atoms with Crippen LogP contribution in [0.25, 0.3) is 88.4 Å². The Morgan fingerprint density at radius 3 is 1.60 bits per heavy atom. The zero-order valence-corrected chi connectivity index (χ0v) is 29.7. The van der Waals surface area contributed by atoms with Crippen LogP contribution in [0.2, 0.25) is 0 Å². The molecular formula is C51H36N2. The van der Waals surface area contributed by atoms with Crippen LogP contribution in [0.5, 0.6) is 0 Å². The lowest BCUT2D eigenvalue weighted by Gasteiger charge is -2.22. The summed E-state index contributed by atoms with van der Waals surface area (Å²) in [5, 5.41) is 5.05. The van der Waals surface area contributed by atoms with Crippen LogP contribution in [0, 0.1) is 0 Å². The molecule has 1 aliphatic carbocycles. The Morgan fingerprint density at radius 2 is 0.868 bits per heavy atom. The monoisotopic (exact) mass is 676 g/mol. The lowest BCUT2D eigenvalue weighted by atomic mass is 9.81. The molecule has 0 saturated heterocycles. The van der Waals surface area contributed by atoms with Gasteiger partial charge < -0.3 is 9.13 Å². The molecule has 2 heterocycles. The Hall–Kier alpha value is -6.64. The van der Waals surface area contributed by atoms with E-state index in [0.717, 1.165) is 11.4 Å². The molecule has 0 radical (unpaired) electrons. The predicted molar refractivity (Wildman–Crippen MR) is 224 cm³/mol. The highest BCUT2D eigenvalue weighted by Crippen LogP contribution is 2.49. The molecule has 0 aliphatic heterocycles. The summed E-state index contributed by atoms with van der Waals surface area (Å²) in [5.41, 5.74) is 17.5. The van der Waals surface area contributed by atoms with E-state index in [-0.39, 0.29) is 5.41 Å². The van der Waals surface area contributed by atoms with Crippen molar-refractivity contribution in [1.29, 1.82) is 0 Å². The van der Waals surface area contributed by atoms with Gasteiger partial charge in [-0.1, -0.05) is 141 Å². The smallest absolute Gasteiger partial charge is 0.0562 e. The van der Waals surface area contributed by atoms with E-state index in [2.05, 4.69) is 205 Å². The normalized spacial score (nSPS) is 13.2. The SMILES string of the molecule is CC1(C)c2ccccc2-c2ccc(-c3cccc(-n4c5ccccc5c5cc6c7ccccc7n(-c7ccc(-c8ccccc8)cc7)c6cc54)c3)cc21. The first kappa shape index (κ1) is 30.0. The van der Waals surface area contributed by atoms with Crippen molar-refractivity contribution in [3.63, 3.8) is 0 Å². The van der Waals surface area contributed by atoms with Gasteiger partial charge in [-0.15, -0.1) is 0 Å². The van der Waals surface area contributed by atoms with Crippen molar-refractivity contribution < 1.29 is 0 Å². The summed E-state index contributed by atoms with van der Waals surface area (Å²) in [4.78, 5) is 0. The number of fused-ring (bicyclic) bond motifs is 9. The average Bonchev–Trinajstić information content (AvgIpc) is 3.80. The van der Waals surface area contributed by atoms with Gasteiger partial charge in [0.1, 0.15) is 0 Å². The third kappa shape index (κ3) is 4.39. The van der Waals surface area contributed by atoms with Gasteiger partial charge in [-0.25, -0.2) is 0 Å². The van der Waals surface area contributed by atoms with E-state index < -0.39 is 0 Å². The average molecular weight is 677 g/mol. The van der Waals surface area contributed by atoms with Crippen molar-refractivity contribution >= 4 is 43.6 Å². The molecule has 2 aromatic heterocycles. The van der Waals surface area contributed by atoms with Crippen LogP contribution in [0.3, 0.4) is 0 Å². The van der Waals surface area contributed by atoms with Crippen LogP contribution in [0.15, 0.2) is 182 Å². The van der Waals surface area contributed by atoms with E-state index in [1.54, 1.807) is 0 Å². The fourth-order valence-corrected chi connectivity index (χ4v) is 9.13. The standard InChI is InChI=1S/C51H36N2/c1-51(2)45-20-9-6-17-39(45)40-28-25-36(30-46(40)51)35-15-12-16-38(29-35)53-48-22-11-8-19-42(48)44-31-43-41-18-7-10-21-47(41)52(49(43)32-50(44)53)37-26-23-34(24-27-37)33-13-4-3-5-14-33/h3-32H,1-2H3. The molecule has 0 bridgehead atoms. The molecule has 8 aromatic carbocycles. The van der Waals surface area contributed by atoms with Gasteiger partial charge in [-0.2, -0.15) is 0 Å². The predicted octanol–water partition coefficient (Wildman–Crippen LogP) is 13.5. The molecule has 0 N–H and O–H groups in total. The van der Waals surface area contributed by atoms with Crippen LogP contribution < -0.4 is 0 Å². The van der Waals surface area contributed by atoms with Gasteiger partial charge in [0.25, 0.3) is 0 Å². The van der Waals surface area contributed by atoms with Crippen molar-refractivity contribution in [2.45, 2.75) is 19.3 Å². The zero-order chi connectivity index (χ0) is 35.3. The largest absolute Gasteiger partial charge is 0.309 e. The molecule has 0 atom stereocenters. The lowest BCUT2D eigenvalue weighted by Crippen LogP contribution is -2.14. The van der Waals surface area contributed by atoms with E-state index in [4.69, 9.17) is 0 Å². The number of hydrogen-bond donors (Lipinski definition) is 0. The molecule has 0 spiro atoms. The molecule has 250 valence electrons. The molecule has 53 heavy (non-hydrogen) atoms. The third-order valence-corrected chi connectivity index (χ3v) is 11.7. The molecule has 0 unspecified atom stereocenters. The van der Waals surface area contributed by atoms with Crippen molar-refractivity contribution in [3.8, 4) is 44.8 Å². The first-order valence-corrected chi connectivity index (χ1v) is 18.5. The molecule has 0 saturated carbocycles. The van der Waals surface area contributed by atoms with Crippen molar-refractivity contribution in [2.75, 3.05) is 0 Å². The molecule has 2 heteroatoms.